The van der Waals surface area contributed by atoms with Crippen molar-refractivity contribution in [2.24, 2.45) is 0 Å². The van der Waals surface area contributed by atoms with Crippen LogP contribution in [0.1, 0.15) is 46.8 Å². The normalized spacial score (nSPS) is 13.0. The first-order valence-electron chi connectivity index (χ1n) is 12.2. The molecule has 1 aromatic heterocycles. The fourth-order valence-electron chi connectivity index (χ4n) is 4.38. The summed E-state index contributed by atoms with van der Waals surface area (Å²) >= 11 is 0. The first kappa shape index (κ1) is 24.1. The maximum atomic E-state index is 13.1. The minimum Gasteiger partial charge on any atom is -0.507 e. The Labute approximate surface area is 214 Å². The van der Waals surface area contributed by atoms with Gasteiger partial charge in [0.05, 0.1) is 24.1 Å². The van der Waals surface area contributed by atoms with Crippen LogP contribution in [0, 0.1) is 0 Å². The van der Waals surface area contributed by atoms with Crippen LogP contribution in [-0.4, -0.2) is 33.9 Å². The molecule has 8 nitrogen and oxygen atoms in total. The Morgan fingerprint density at radius 1 is 1.03 bits per heavy atom. The van der Waals surface area contributed by atoms with E-state index in [4.69, 9.17) is 4.74 Å². The van der Waals surface area contributed by atoms with Crippen LogP contribution in [0.15, 0.2) is 78.9 Å². The average Bonchev–Trinajstić information content (AvgIpc) is 3.32. The number of para-hydroxylation sites is 1. The van der Waals surface area contributed by atoms with Crippen molar-refractivity contribution >= 4 is 17.6 Å². The van der Waals surface area contributed by atoms with Crippen LogP contribution in [0.4, 0.5) is 10.5 Å². The van der Waals surface area contributed by atoms with E-state index in [0.29, 0.717) is 34.8 Å². The number of hydrogen-bond acceptors (Lipinski definition) is 5. The summed E-state index contributed by atoms with van der Waals surface area (Å²) in [5, 5.41) is 21.0. The number of ether oxygens (including phenoxy) is 1. The molecule has 0 atom stereocenters. The predicted octanol–water partition coefficient (Wildman–Crippen LogP) is 5.54. The molecule has 5 rings (SSSR count). The SMILES string of the molecule is COc1ccccc1C(=O)Nc1ccc(O)c(-c2cc(C3CCC3)n(C(=O)NCc3ccccc3)n2)c1. The van der Waals surface area contributed by atoms with E-state index in [0.717, 1.165) is 30.5 Å². The van der Waals surface area contributed by atoms with Gasteiger partial charge in [0.2, 0.25) is 0 Å². The Hall–Kier alpha value is -4.59. The van der Waals surface area contributed by atoms with E-state index in [1.165, 1.54) is 17.9 Å². The molecule has 1 aliphatic carbocycles. The minimum atomic E-state index is -0.338. The predicted molar refractivity (Wildman–Crippen MR) is 141 cm³/mol. The number of methoxy groups -OCH3 is 1. The number of benzene rings is 3. The van der Waals surface area contributed by atoms with Gasteiger partial charge < -0.3 is 20.5 Å². The Bertz CT molecular complexity index is 1430. The van der Waals surface area contributed by atoms with Gasteiger partial charge in [0.25, 0.3) is 5.91 Å². The van der Waals surface area contributed by atoms with Gasteiger partial charge in [0.1, 0.15) is 11.5 Å². The summed E-state index contributed by atoms with van der Waals surface area (Å²) in [6, 6.07) is 22.9. The highest BCUT2D eigenvalue weighted by atomic mass is 16.5. The number of amides is 2. The zero-order chi connectivity index (χ0) is 25.8. The lowest BCUT2D eigenvalue weighted by molar-refractivity contribution is 0.102. The Kier molecular flexibility index (Phi) is 6.89. The number of rotatable bonds is 7. The summed E-state index contributed by atoms with van der Waals surface area (Å²) in [6.07, 6.45) is 3.07. The van der Waals surface area contributed by atoms with Gasteiger partial charge in [-0.2, -0.15) is 9.78 Å². The molecule has 3 N–H and O–H groups in total. The van der Waals surface area contributed by atoms with Crippen molar-refractivity contribution in [3.63, 3.8) is 0 Å². The highest BCUT2D eigenvalue weighted by Crippen LogP contribution is 2.39. The van der Waals surface area contributed by atoms with E-state index in [-0.39, 0.29) is 23.6 Å². The maximum absolute atomic E-state index is 13.1. The summed E-state index contributed by atoms with van der Waals surface area (Å²) in [6.45, 7) is 0.384. The summed E-state index contributed by atoms with van der Waals surface area (Å²) in [5.74, 6) is 0.364. The standard InChI is InChI=1S/C29H28N4O4/c1-37-27-13-6-5-12-22(27)28(35)31-21-14-15-26(34)23(16-21)24-17-25(20-10-7-11-20)33(32-24)29(36)30-18-19-8-3-2-4-9-19/h2-6,8-9,12-17,20,34H,7,10-11,18H2,1H3,(H,30,36)(H,31,35). The number of aromatic nitrogens is 2. The third kappa shape index (κ3) is 5.18. The van der Waals surface area contributed by atoms with Gasteiger partial charge in [-0.15, -0.1) is 0 Å². The molecular weight excluding hydrogens is 468 g/mol. The van der Waals surface area contributed by atoms with Crippen molar-refractivity contribution in [2.75, 3.05) is 12.4 Å². The molecule has 1 fully saturated rings. The molecule has 0 saturated heterocycles. The van der Waals surface area contributed by atoms with Crippen LogP contribution in [0.5, 0.6) is 11.5 Å². The molecule has 3 aromatic carbocycles. The highest BCUT2D eigenvalue weighted by molar-refractivity contribution is 6.06. The molecule has 0 bridgehead atoms. The summed E-state index contributed by atoms with van der Waals surface area (Å²) in [7, 11) is 1.51. The zero-order valence-electron chi connectivity index (χ0n) is 20.5. The fraction of sp³-hybridized carbons (Fsp3) is 0.207. The second-order valence-corrected chi connectivity index (χ2v) is 9.02. The van der Waals surface area contributed by atoms with E-state index in [1.54, 1.807) is 36.4 Å². The van der Waals surface area contributed by atoms with Crippen molar-refractivity contribution in [3.05, 3.63) is 95.7 Å². The lowest BCUT2D eigenvalue weighted by Crippen LogP contribution is -2.31. The largest absolute Gasteiger partial charge is 0.507 e. The number of hydrogen-bond donors (Lipinski definition) is 3. The number of nitrogens with one attached hydrogen (secondary N) is 2. The number of nitrogens with zero attached hydrogens (tertiary/aromatic N) is 2. The van der Waals surface area contributed by atoms with Gasteiger partial charge >= 0.3 is 6.03 Å². The fourth-order valence-corrected chi connectivity index (χ4v) is 4.38. The van der Waals surface area contributed by atoms with Crippen LogP contribution in [0.25, 0.3) is 11.3 Å². The molecule has 4 aromatic rings. The van der Waals surface area contributed by atoms with Crippen LogP contribution in [0.2, 0.25) is 0 Å². The maximum Gasteiger partial charge on any atom is 0.342 e. The molecule has 0 unspecified atom stereocenters. The van der Waals surface area contributed by atoms with E-state index < -0.39 is 0 Å². The third-order valence-electron chi connectivity index (χ3n) is 6.62. The molecular formula is C29H28N4O4. The number of carbonyl (C=O) groups is 2. The zero-order valence-corrected chi connectivity index (χ0v) is 20.5. The van der Waals surface area contributed by atoms with Crippen molar-refractivity contribution in [1.82, 2.24) is 15.1 Å². The quantitative estimate of drug-likeness (QED) is 0.291. The smallest absolute Gasteiger partial charge is 0.342 e. The molecule has 188 valence electrons. The third-order valence-corrected chi connectivity index (χ3v) is 6.62. The number of phenolic OH excluding ortho intramolecular Hbond substituents is 1. The Morgan fingerprint density at radius 2 is 1.78 bits per heavy atom. The van der Waals surface area contributed by atoms with Crippen molar-refractivity contribution < 1.29 is 19.4 Å². The van der Waals surface area contributed by atoms with Gasteiger partial charge in [-0.1, -0.05) is 48.9 Å². The second-order valence-electron chi connectivity index (χ2n) is 9.02. The highest BCUT2D eigenvalue weighted by Gasteiger charge is 2.27. The van der Waals surface area contributed by atoms with Crippen LogP contribution in [0.3, 0.4) is 0 Å². The molecule has 1 saturated carbocycles. The van der Waals surface area contributed by atoms with E-state index >= 15 is 0 Å². The van der Waals surface area contributed by atoms with Crippen molar-refractivity contribution in [2.45, 2.75) is 31.7 Å². The Balaban J connectivity index is 1.41. The van der Waals surface area contributed by atoms with Crippen LogP contribution >= 0.6 is 0 Å². The second kappa shape index (κ2) is 10.6. The Morgan fingerprint density at radius 3 is 2.51 bits per heavy atom. The van der Waals surface area contributed by atoms with Crippen molar-refractivity contribution in [1.29, 1.82) is 0 Å². The molecule has 0 spiro atoms. The van der Waals surface area contributed by atoms with E-state index in [2.05, 4.69) is 15.7 Å². The molecule has 0 radical (unpaired) electrons. The molecule has 37 heavy (non-hydrogen) atoms. The number of anilines is 1. The first-order chi connectivity index (χ1) is 18.0. The summed E-state index contributed by atoms with van der Waals surface area (Å²) < 4.78 is 6.69. The molecule has 0 aliphatic heterocycles. The van der Waals surface area contributed by atoms with E-state index in [1.807, 2.05) is 36.4 Å². The van der Waals surface area contributed by atoms with Crippen LogP contribution in [-0.2, 0) is 6.54 Å². The first-order valence-corrected chi connectivity index (χ1v) is 12.2. The van der Waals surface area contributed by atoms with Gasteiger partial charge in [0.15, 0.2) is 0 Å². The number of carbonyl (C=O) groups excluding carboxylic acids is 2. The molecule has 2 amide bonds. The van der Waals surface area contributed by atoms with Crippen molar-refractivity contribution in [3.8, 4) is 22.8 Å². The van der Waals surface area contributed by atoms with Gasteiger partial charge in [-0.3, -0.25) is 4.79 Å². The number of phenols is 1. The van der Waals surface area contributed by atoms with Crippen LogP contribution < -0.4 is 15.4 Å². The van der Waals surface area contributed by atoms with E-state index in [9.17, 15) is 14.7 Å². The summed E-state index contributed by atoms with van der Waals surface area (Å²) in [4.78, 5) is 26.0. The monoisotopic (exact) mass is 496 g/mol. The van der Waals surface area contributed by atoms with Gasteiger partial charge in [-0.25, -0.2) is 4.79 Å². The van der Waals surface area contributed by atoms with Gasteiger partial charge in [0, 0.05) is 23.7 Å². The lowest BCUT2D eigenvalue weighted by atomic mass is 9.82. The molecule has 1 aliphatic rings. The molecule has 8 heteroatoms. The average molecular weight is 497 g/mol. The minimum absolute atomic E-state index is 0.00444. The topological polar surface area (TPSA) is 105 Å². The van der Waals surface area contributed by atoms with Gasteiger partial charge in [-0.05, 0) is 54.8 Å². The summed E-state index contributed by atoms with van der Waals surface area (Å²) in [5.41, 5.74) is 3.57. The lowest BCUT2D eigenvalue weighted by Gasteiger charge is -2.25. The molecule has 1 heterocycles. The number of aromatic hydroxyl groups is 1.